The first-order valence-electron chi connectivity index (χ1n) is 14.6. The van der Waals surface area contributed by atoms with Crippen molar-refractivity contribution in [3.63, 3.8) is 0 Å². The maximum absolute atomic E-state index is 13.6. The van der Waals surface area contributed by atoms with E-state index >= 15 is 0 Å². The Labute approximate surface area is 275 Å². The number of likely N-dealkylation sites (tertiary alicyclic amines) is 1. The quantitative estimate of drug-likeness (QED) is 0.192. The second-order valence-corrected chi connectivity index (χ2v) is 10.9. The first-order valence-corrected chi connectivity index (χ1v) is 14.6. The van der Waals surface area contributed by atoms with Gasteiger partial charge in [0.25, 0.3) is 5.91 Å². The van der Waals surface area contributed by atoms with E-state index in [0.29, 0.717) is 55.0 Å². The van der Waals surface area contributed by atoms with Gasteiger partial charge in [-0.3, -0.25) is 19.4 Å². The number of aromatic nitrogens is 1. The summed E-state index contributed by atoms with van der Waals surface area (Å²) in [6, 6.07) is 23.0. The van der Waals surface area contributed by atoms with Crippen LogP contribution in [0.15, 0.2) is 103 Å². The van der Waals surface area contributed by atoms with Crippen molar-refractivity contribution in [2.45, 2.75) is 43.8 Å². The third-order valence-electron chi connectivity index (χ3n) is 7.84. The fraction of sp³-hybridized carbons (Fsp3) is 0.265. The van der Waals surface area contributed by atoms with E-state index < -0.39 is 42.0 Å². The number of halogens is 7. The molecule has 6 nitrogen and oxygen atoms in total. The van der Waals surface area contributed by atoms with Crippen molar-refractivity contribution in [2.24, 2.45) is 0 Å². The van der Waals surface area contributed by atoms with E-state index in [1.54, 1.807) is 83.9 Å². The first-order chi connectivity index (χ1) is 21.9. The Kier molecular flexibility index (Phi) is 11.3. The molecule has 47 heavy (non-hydrogen) atoms. The van der Waals surface area contributed by atoms with Gasteiger partial charge in [0.15, 0.2) is 0 Å². The molecule has 1 N–H and O–H groups in total. The number of amides is 2. The standard InChI is InChI=1S/C34H30F6N4O2.ClH.H2/c35-33(36,37)26-19-23(20-27(21-26)34(38,39)40)22-42-31(45)30(24-9-3-1-4-10-24)43-17-14-28(15-18-43)44(29-13-7-8-16-41-29)32(46)25-11-5-2-6-12-25;;/h1-13,16,19-21,28,30H,14-15,17-18,22H2,(H,42,45);2*1H. The number of rotatable bonds is 8. The van der Waals surface area contributed by atoms with Gasteiger partial charge in [0.05, 0.1) is 11.1 Å². The van der Waals surface area contributed by atoms with E-state index in [2.05, 4.69) is 10.3 Å². The zero-order valence-electron chi connectivity index (χ0n) is 24.8. The predicted octanol–water partition coefficient (Wildman–Crippen LogP) is 7.96. The molecule has 2 heterocycles. The smallest absolute Gasteiger partial charge is 0.350 e. The van der Waals surface area contributed by atoms with Crippen LogP contribution < -0.4 is 10.2 Å². The van der Waals surface area contributed by atoms with Crippen molar-refractivity contribution < 1.29 is 37.4 Å². The van der Waals surface area contributed by atoms with E-state index in [-0.39, 0.29) is 37.4 Å². The van der Waals surface area contributed by atoms with Gasteiger partial charge in [0, 0.05) is 38.9 Å². The van der Waals surface area contributed by atoms with Crippen LogP contribution in [-0.4, -0.2) is 40.8 Å². The summed E-state index contributed by atoms with van der Waals surface area (Å²) in [5.74, 6) is -0.293. The summed E-state index contributed by atoms with van der Waals surface area (Å²) in [5.41, 5.74) is -2.11. The minimum absolute atomic E-state index is 0. The fourth-order valence-electron chi connectivity index (χ4n) is 5.65. The topological polar surface area (TPSA) is 65.5 Å². The van der Waals surface area contributed by atoms with Gasteiger partial charge < -0.3 is 5.32 Å². The summed E-state index contributed by atoms with van der Waals surface area (Å²) in [6.07, 6.45) is -7.43. The number of anilines is 1. The number of carbonyl (C=O) groups excluding carboxylic acids is 2. The molecule has 1 aliphatic heterocycles. The highest BCUT2D eigenvalue weighted by Crippen LogP contribution is 2.36. The summed E-state index contributed by atoms with van der Waals surface area (Å²) < 4.78 is 80.3. The predicted molar refractivity (Wildman–Crippen MR) is 169 cm³/mol. The highest BCUT2D eigenvalue weighted by molar-refractivity contribution is 6.06. The Morgan fingerprint density at radius 2 is 1.38 bits per heavy atom. The van der Waals surface area contributed by atoms with E-state index in [9.17, 15) is 35.9 Å². The molecule has 0 spiro atoms. The van der Waals surface area contributed by atoms with E-state index in [1.165, 1.54) is 0 Å². The van der Waals surface area contributed by atoms with E-state index in [0.717, 1.165) is 0 Å². The molecule has 1 aliphatic rings. The van der Waals surface area contributed by atoms with Crippen LogP contribution in [-0.2, 0) is 23.7 Å². The number of hydrogen-bond donors (Lipinski definition) is 1. The van der Waals surface area contributed by atoms with Crippen LogP contribution >= 0.6 is 12.4 Å². The minimum Gasteiger partial charge on any atom is -0.350 e. The second kappa shape index (κ2) is 15.0. The molecule has 4 aromatic rings. The van der Waals surface area contributed by atoms with Gasteiger partial charge in [-0.15, -0.1) is 12.4 Å². The third-order valence-corrected chi connectivity index (χ3v) is 7.84. The zero-order valence-corrected chi connectivity index (χ0v) is 25.7. The molecular weight excluding hydrogens is 646 g/mol. The van der Waals surface area contributed by atoms with Crippen LogP contribution in [0.5, 0.6) is 0 Å². The Balaban J connectivity index is 0.00000312. The lowest BCUT2D eigenvalue weighted by atomic mass is 9.97. The maximum Gasteiger partial charge on any atom is 0.416 e. The lowest BCUT2D eigenvalue weighted by Crippen LogP contribution is -2.50. The number of carbonyl (C=O) groups is 2. The van der Waals surface area contributed by atoms with Gasteiger partial charge in [-0.25, -0.2) is 4.98 Å². The van der Waals surface area contributed by atoms with Gasteiger partial charge in [0.2, 0.25) is 5.91 Å². The summed E-state index contributed by atoms with van der Waals surface area (Å²) in [7, 11) is 0. The van der Waals surface area contributed by atoms with Gasteiger partial charge in [-0.1, -0.05) is 54.6 Å². The van der Waals surface area contributed by atoms with Gasteiger partial charge in [-0.05, 0) is 66.4 Å². The third kappa shape index (κ3) is 8.69. The Hall–Kier alpha value is -4.42. The average molecular weight is 679 g/mol. The monoisotopic (exact) mass is 678 g/mol. The van der Waals surface area contributed by atoms with Crippen molar-refractivity contribution in [2.75, 3.05) is 18.0 Å². The molecule has 1 saturated heterocycles. The first kappa shape index (κ1) is 35.4. The van der Waals surface area contributed by atoms with Crippen molar-refractivity contribution in [1.82, 2.24) is 15.2 Å². The number of alkyl halides is 6. The van der Waals surface area contributed by atoms with Crippen molar-refractivity contribution in [3.05, 3.63) is 131 Å². The molecule has 2 amide bonds. The summed E-state index contributed by atoms with van der Waals surface area (Å²) in [4.78, 5) is 35.3. The largest absolute Gasteiger partial charge is 0.416 e. The molecule has 13 heteroatoms. The molecule has 3 aromatic carbocycles. The van der Waals surface area contributed by atoms with Crippen LogP contribution in [0.3, 0.4) is 0 Å². The number of nitrogens with one attached hydrogen (secondary N) is 1. The highest BCUT2D eigenvalue weighted by Gasteiger charge is 2.38. The Morgan fingerprint density at radius 3 is 1.91 bits per heavy atom. The maximum atomic E-state index is 13.6. The molecule has 0 radical (unpaired) electrons. The normalized spacial score (nSPS) is 14.9. The lowest BCUT2D eigenvalue weighted by molar-refractivity contribution is -0.143. The molecule has 1 fully saturated rings. The van der Waals surface area contributed by atoms with Gasteiger partial charge in [-0.2, -0.15) is 26.3 Å². The minimum atomic E-state index is -5.00. The number of benzene rings is 3. The number of piperidine rings is 1. The fourth-order valence-corrected chi connectivity index (χ4v) is 5.65. The van der Waals surface area contributed by atoms with Crippen LogP contribution in [0.2, 0.25) is 0 Å². The Bertz CT molecular complexity index is 1610. The lowest BCUT2D eigenvalue weighted by Gasteiger charge is -2.40. The van der Waals surface area contributed by atoms with Crippen LogP contribution in [0, 0.1) is 0 Å². The number of nitrogens with zero attached hydrogens (tertiary/aromatic N) is 3. The van der Waals surface area contributed by atoms with Crippen molar-refractivity contribution in [3.8, 4) is 0 Å². The molecular formula is C34H33ClF6N4O2. The van der Waals surface area contributed by atoms with Crippen molar-refractivity contribution >= 4 is 30.0 Å². The molecule has 0 aliphatic carbocycles. The number of pyridine rings is 1. The summed E-state index contributed by atoms with van der Waals surface area (Å²) in [6.45, 7) is 0.223. The van der Waals surface area contributed by atoms with Crippen LogP contribution in [0.1, 0.15) is 52.9 Å². The highest BCUT2D eigenvalue weighted by atomic mass is 35.5. The van der Waals surface area contributed by atoms with Gasteiger partial charge in [0.1, 0.15) is 11.9 Å². The summed E-state index contributed by atoms with van der Waals surface area (Å²) >= 11 is 0. The molecule has 0 saturated carbocycles. The SMILES string of the molecule is Cl.O=C(NCc1cc(C(F)(F)F)cc(C(F)(F)F)c1)C(c1ccccc1)N1CCC(N(C(=O)c2ccccc2)c2ccccn2)CC1.[HH]. The van der Waals surface area contributed by atoms with Crippen molar-refractivity contribution in [1.29, 1.82) is 0 Å². The molecule has 1 atom stereocenters. The molecule has 250 valence electrons. The molecule has 5 rings (SSSR count). The Morgan fingerprint density at radius 1 is 0.830 bits per heavy atom. The zero-order chi connectivity index (χ0) is 32.9. The molecule has 1 aromatic heterocycles. The molecule has 1 unspecified atom stereocenters. The molecule has 0 bridgehead atoms. The van der Waals surface area contributed by atoms with Gasteiger partial charge >= 0.3 is 12.4 Å². The number of hydrogen-bond acceptors (Lipinski definition) is 4. The average Bonchev–Trinajstić information content (AvgIpc) is 3.05. The van der Waals surface area contributed by atoms with E-state index in [4.69, 9.17) is 0 Å². The van der Waals surface area contributed by atoms with E-state index in [1.807, 2.05) is 11.0 Å². The second-order valence-electron chi connectivity index (χ2n) is 10.9. The van der Waals surface area contributed by atoms with Crippen LogP contribution in [0.4, 0.5) is 32.2 Å². The summed E-state index contributed by atoms with van der Waals surface area (Å²) in [5, 5.41) is 2.56. The van der Waals surface area contributed by atoms with Crippen LogP contribution in [0.25, 0.3) is 0 Å².